The van der Waals surface area contributed by atoms with Crippen molar-refractivity contribution in [1.82, 2.24) is 4.90 Å². The second kappa shape index (κ2) is 9.33. The highest BCUT2D eigenvalue weighted by molar-refractivity contribution is 6.21. The summed E-state index contributed by atoms with van der Waals surface area (Å²) < 4.78 is 5.77. The third-order valence-corrected chi connectivity index (χ3v) is 4.84. The molecule has 1 heterocycles. The molecule has 1 aliphatic heterocycles. The van der Waals surface area contributed by atoms with Gasteiger partial charge in [-0.15, -0.1) is 0 Å². The Morgan fingerprint density at radius 1 is 0.889 bits per heavy atom. The van der Waals surface area contributed by atoms with Crippen molar-refractivity contribution in [1.29, 1.82) is 0 Å². The number of carbonyl (C=O) groups excluding carboxylic acids is 2. The van der Waals surface area contributed by atoms with Gasteiger partial charge in [0.2, 0.25) is 0 Å². The van der Waals surface area contributed by atoms with Gasteiger partial charge in [0.15, 0.2) is 0 Å². The molecule has 2 aromatic carbocycles. The van der Waals surface area contributed by atoms with Gasteiger partial charge >= 0.3 is 0 Å². The predicted octanol–water partition coefficient (Wildman–Crippen LogP) is 4.02. The van der Waals surface area contributed by atoms with Gasteiger partial charge in [-0.25, -0.2) is 0 Å². The first-order chi connectivity index (χ1) is 13.2. The Morgan fingerprint density at radius 2 is 1.48 bits per heavy atom. The molecule has 2 amide bonds. The summed E-state index contributed by atoms with van der Waals surface area (Å²) in [5, 5.41) is 9.43. The van der Waals surface area contributed by atoms with Gasteiger partial charge < -0.3 is 9.84 Å². The second-order valence-electron chi connectivity index (χ2n) is 6.78. The monoisotopic (exact) mass is 367 g/mol. The van der Waals surface area contributed by atoms with E-state index in [0.29, 0.717) is 12.2 Å². The number of imide groups is 1. The molecule has 0 saturated heterocycles. The number of carbonyl (C=O) groups is 2. The Kier molecular flexibility index (Phi) is 6.60. The molecule has 0 unspecified atom stereocenters. The number of ether oxygens (including phenoxy) is 1. The topological polar surface area (TPSA) is 66.8 Å². The largest absolute Gasteiger partial charge is 0.508 e. The fraction of sp³-hybridized carbons (Fsp3) is 0.364. The smallest absolute Gasteiger partial charge is 0.261 e. The van der Waals surface area contributed by atoms with Crippen molar-refractivity contribution in [3.63, 3.8) is 0 Å². The molecule has 0 bridgehead atoms. The Balaban J connectivity index is 0.000000299. The van der Waals surface area contributed by atoms with Crippen LogP contribution in [0.1, 0.15) is 52.8 Å². The minimum absolute atomic E-state index is 0.00444. The summed E-state index contributed by atoms with van der Waals surface area (Å²) in [5.41, 5.74) is 0.633. The van der Waals surface area contributed by atoms with E-state index < -0.39 is 0 Å². The first kappa shape index (κ1) is 19.1. The van der Waals surface area contributed by atoms with Crippen LogP contribution >= 0.6 is 0 Å². The number of benzene rings is 2. The molecule has 1 saturated carbocycles. The van der Waals surface area contributed by atoms with Crippen molar-refractivity contribution in [2.75, 3.05) is 13.2 Å². The Hall–Kier alpha value is -2.66. The van der Waals surface area contributed by atoms with Crippen molar-refractivity contribution in [2.24, 2.45) is 0 Å². The summed E-state index contributed by atoms with van der Waals surface area (Å²) in [6.45, 7) is 0.645. The van der Waals surface area contributed by atoms with Gasteiger partial charge in [0, 0.05) is 0 Å². The zero-order chi connectivity index (χ0) is 19.1. The first-order valence-electron chi connectivity index (χ1n) is 9.47. The van der Waals surface area contributed by atoms with Crippen LogP contribution in [0, 0.1) is 0 Å². The van der Waals surface area contributed by atoms with Gasteiger partial charge in [-0.05, 0) is 31.0 Å². The zero-order valence-electron chi connectivity index (χ0n) is 15.3. The number of nitrogens with zero attached hydrogens (tertiary/aromatic N) is 1. The standard InChI is InChI=1S/C16H19NO4.C6H6/c18-11-6-7-13-14(10-11)16(20)17(15(13)19)8-9-21-12-4-2-1-3-5-12;1-2-4-6-5-3-1/h6-7,10,12,18H,1-5,8-9H2;1-6H. The Bertz CT molecular complexity index is 742. The number of fused-ring (bicyclic) bond motifs is 1. The van der Waals surface area contributed by atoms with E-state index in [9.17, 15) is 14.7 Å². The average molecular weight is 367 g/mol. The van der Waals surface area contributed by atoms with E-state index in [1.54, 1.807) is 0 Å². The predicted molar refractivity (Wildman–Crippen MR) is 103 cm³/mol. The van der Waals surface area contributed by atoms with Crippen LogP contribution in [0.15, 0.2) is 54.6 Å². The van der Waals surface area contributed by atoms with E-state index >= 15 is 0 Å². The maximum absolute atomic E-state index is 12.2. The minimum Gasteiger partial charge on any atom is -0.508 e. The van der Waals surface area contributed by atoms with Crippen molar-refractivity contribution in [3.8, 4) is 5.75 Å². The molecule has 0 atom stereocenters. The minimum atomic E-state index is -0.349. The zero-order valence-corrected chi connectivity index (χ0v) is 15.3. The number of amides is 2. The molecule has 0 aromatic heterocycles. The average Bonchev–Trinajstić information content (AvgIpc) is 2.95. The summed E-state index contributed by atoms with van der Waals surface area (Å²) in [6.07, 6.45) is 6.04. The van der Waals surface area contributed by atoms with Gasteiger partial charge in [0.05, 0.1) is 30.4 Å². The first-order valence-corrected chi connectivity index (χ1v) is 9.47. The van der Waals surface area contributed by atoms with Gasteiger partial charge in [-0.2, -0.15) is 0 Å². The Morgan fingerprint density at radius 3 is 2.11 bits per heavy atom. The normalized spacial score (nSPS) is 16.7. The molecule has 1 fully saturated rings. The van der Waals surface area contributed by atoms with E-state index in [-0.39, 0.29) is 35.8 Å². The van der Waals surface area contributed by atoms with E-state index in [0.717, 1.165) is 12.8 Å². The van der Waals surface area contributed by atoms with Crippen LogP contribution in [0.4, 0.5) is 0 Å². The van der Waals surface area contributed by atoms with Gasteiger partial charge in [-0.1, -0.05) is 55.7 Å². The number of aromatic hydroxyl groups is 1. The number of hydrogen-bond acceptors (Lipinski definition) is 4. The third kappa shape index (κ3) is 4.95. The third-order valence-electron chi connectivity index (χ3n) is 4.84. The molecule has 0 radical (unpaired) electrons. The van der Waals surface area contributed by atoms with Crippen LogP contribution < -0.4 is 0 Å². The number of phenols is 1. The van der Waals surface area contributed by atoms with Crippen LogP contribution in [0.5, 0.6) is 5.75 Å². The lowest BCUT2D eigenvalue weighted by Gasteiger charge is -2.23. The summed E-state index contributed by atoms with van der Waals surface area (Å²) >= 11 is 0. The van der Waals surface area contributed by atoms with Crippen LogP contribution in [0.2, 0.25) is 0 Å². The molecule has 2 aromatic rings. The molecular weight excluding hydrogens is 342 g/mol. The molecule has 4 rings (SSSR count). The lowest BCUT2D eigenvalue weighted by atomic mass is 9.98. The van der Waals surface area contributed by atoms with Crippen LogP contribution in [-0.4, -0.2) is 41.1 Å². The SMILES string of the molecule is O=C1c2ccc(O)cc2C(=O)N1CCOC1CCCCC1.c1ccccc1. The molecule has 1 aliphatic carbocycles. The maximum atomic E-state index is 12.2. The maximum Gasteiger partial charge on any atom is 0.261 e. The molecule has 0 spiro atoms. The lowest BCUT2D eigenvalue weighted by Crippen LogP contribution is -2.34. The van der Waals surface area contributed by atoms with Gasteiger partial charge in [0.25, 0.3) is 11.8 Å². The van der Waals surface area contributed by atoms with E-state index in [1.165, 1.54) is 42.4 Å². The molecule has 27 heavy (non-hydrogen) atoms. The molecule has 1 N–H and O–H groups in total. The number of rotatable bonds is 4. The number of hydrogen-bond donors (Lipinski definition) is 1. The van der Waals surface area contributed by atoms with Crippen LogP contribution in [0.25, 0.3) is 0 Å². The lowest BCUT2D eigenvalue weighted by molar-refractivity contribution is 0.0168. The molecule has 5 heteroatoms. The molecular formula is C22H25NO4. The van der Waals surface area contributed by atoms with E-state index in [1.807, 2.05) is 36.4 Å². The van der Waals surface area contributed by atoms with Crippen LogP contribution in [-0.2, 0) is 4.74 Å². The van der Waals surface area contributed by atoms with Crippen LogP contribution in [0.3, 0.4) is 0 Å². The fourth-order valence-electron chi connectivity index (χ4n) is 3.41. The van der Waals surface area contributed by atoms with E-state index in [2.05, 4.69) is 0 Å². The highest BCUT2D eigenvalue weighted by atomic mass is 16.5. The summed E-state index contributed by atoms with van der Waals surface area (Å²) in [7, 11) is 0. The molecule has 142 valence electrons. The fourth-order valence-corrected chi connectivity index (χ4v) is 3.41. The Labute approximate surface area is 159 Å². The highest BCUT2D eigenvalue weighted by Gasteiger charge is 2.35. The van der Waals surface area contributed by atoms with Crippen molar-refractivity contribution >= 4 is 11.8 Å². The van der Waals surface area contributed by atoms with E-state index in [4.69, 9.17) is 4.74 Å². The summed E-state index contributed by atoms with van der Waals surface area (Å²) in [6, 6.07) is 16.3. The quantitative estimate of drug-likeness (QED) is 0.829. The van der Waals surface area contributed by atoms with Crippen molar-refractivity contribution in [2.45, 2.75) is 38.2 Å². The second-order valence-corrected chi connectivity index (χ2v) is 6.78. The van der Waals surface area contributed by atoms with Crippen molar-refractivity contribution < 1.29 is 19.4 Å². The summed E-state index contributed by atoms with van der Waals surface area (Å²) in [5.74, 6) is -0.657. The van der Waals surface area contributed by atoms with Gasteiger partial charge in [0.1, 0.15) is 5.75 Å². The molecule has 2 aliphatic rings. The number of phenolic OH excluding ortho intramolecular Hbond substituents is 1. The van der Waals surface area contributed by atoms with Gasteiger partial charge in [-0.3, -0.25) is 14.5 Å². The highest BCUT2D eigenvalue weighted by Crippen LogP contribution is 2.26. The van der Waals surface area contributed by atoms with Crippen molar-refractivity contribution in [3.05, 3.63) is 65.7 Å². The summed E-state index contributed by atoms with van der Waals surface area (Å²) in [4.78, 5) is 25.5. The molecule has 5 nitrogen and oxygen atoms in total.